The number of alkyl halides is 3. The number of carbonyl (C=O) groups is 1. The molecule has 0 spiro atoms. The molecule has 1 aliphatic heterocycles. The van der Waals surface area contributed by atoms with Crippen molar-refractivity contribution >= 4 is 5.91 Å². The van der Waals surface area contributed by atoms with Crippen molar-refractivity contribution in [2.45, 2.75) is 31.1 Å². The van der Waals surface area contributed by atoms with E-state index in [1.807, 2.05) is 0 Å². The van der Waals surface area contributed by atoms with E-state index in [-0.39, 0.29) is 6.04 Å². The molecule has 1 saturated heterocycles. The van der Waals surface area contributed by atoms with Crippen molar-refractivity contribution in [3.8, 4) is 0 Å². The van der Waals surface area contributed by atoms with Gasteiger partial charge in [0.15, 0.2) is 6.04 Å². The van der Waals surface area contributed by atoms with Crippen molar-refractivity contribution in [1.82, 2.24) is 5.32 Å². The molecule has 0 aromatic carbocycles. The van der Waals surface area contributed by atoms with Gasteiger partial charge in [0.1, 0.15) is 0 Å². The first-order valence-electron chi connectivity index (χ1n) is 4.61. The first kappa shape index (κ1) is 12.3. The zero-order chi connectivity index (χ0) is 11.5. The van der Waals surface area contributed by atoms with E-state index in [0.717, 1.165) is 0 Å². The predicted molar refractivity (Wildman–Crippen MR) is 46.0 cm³/mol. The Hall–Kier alpha value is -0.820. The van der Waals surface area contributed by atoms with Crippen LogP contribution >= 0.6 is 0 Å². The average molecular weight is 226 g/mol. The summed E-state index contributed by atoms with van der Waals surface area (Å²) in [6, 6.07) is -2.71. The summed E-state index contributed by atoms with van der Waals surface area (Å²) in [7, 11) is 0. The number of nitrogens with two attached hydrogens (primary N) is 1. The number of ether oxygens (including phenoxy) is 1. The van der Waals surface area contributed by atoms with Crippen LogP contribution in [0.2, 0.25) is 0 Å². The van der Waals surface area contributed by atoms with E-state index in [0.29, 0.717) is 26.1 Å². The van der Waals surface area contributed by atoms with Crippen molar-refractivity contribution in [1.29, 1.82) is 0 Å². The summed E-state index contributed by atoms with van der Waals surface area (Å²) in [6.45, 7) is 0.901. The highest BCUT2D eigenvalue weighted by Gasteiger charge is 2.42. The Kier molecular flexibility index (Phi) is 3.92. The molecule has 15 heavy (non-hydrogen) atoms. The lowest BCUT2D eigenvalue weighted by Gasteiger charge is -2.25. The summed E-state index contributed by atoms with van der Waals surface area (Å²) in [5.41, 5.74) is 4.74. The molecule has 1 heterocycles. The maximum Gasteiger partial charge on any atom is 0.412 e. The number of hydrogen-bond donors (Lipinski definition) is 2. The van der Waals surface area contributed by atoms with Crippen molar-refractivity contribution in [2.75, 3.05) is 13.2 Å². The number of hydrogen-bond acceptors (Lipinski definition) is 3. The van der Waals surface area contributed by atoms with Crippen LogP contribution < -0.4 is 11.1 Å². The lowest BCUT2D eigenvalue weighted by Crippen LogP contribution is -2.53. The van der Waals surface area contributed by atoms with E-state index in [1.54, 1.807) is 0 Å². The second kappa shape index (κ2) is 4.80. The van der Waals surface area contributed by atoms with Gasteiger partial charge in [0.25, 0.3) is 0 Å². The molecule has 0 radical (unpaired) electrons. The number of carbonyl (C=O) groups excluding carboxylic acids is 1. The quantitative estimate of drug-likeness (QED) is 0.705. The molecule has 0 aliphatic carbocycles. The third-order valence-electron chi connectivity index (χ3n) is 2.20. The molecule has 88 valence electrons. The lowest BCUT2D eigenvalue weighted by atomic mass is 10.1. The molecule has 0 aromatic rings. The fraction of sp³-hybridized carbons (Fsp3) is 0.875. The minimum absolute atomic E-state index is 0.264. The van der Waals surface area contributed by atoms with Crippen molar-refractivity contribution in [3.05, 3.63) is 0 Å². The van der Waals surface area contributed by atoms with Crippen LogP contribution in [0, 0.1) is 0 Å². The van der Waals surface area contributed by atoms with Gasteiger partial charge < -0.3 is 15.8 Å². The van der Waals surface area contributed by atoms with Gasteiger partial charge in [-0.25, -0.2) is 0 Å². The van der Waals surface area contributed by atoms with Gasteiger partial charge in [0.2, 0.25) is 5.91 Å². The lowest BCUT2D eigenvalue weighted by molar-refractivity contribution is -0.163. The van der Waals surface area contributed by atoms with Crippen LogP contribution in [0.1, 0.15) is 12.8 Å². The van der Waals surface area contributed by atoms with Crippen molar-refractivity contribution < 1.29 is 22.7 Å². The van der Waals surface area contributed by atoms with Gasteiger partial charge in [-0.3, -0.25) is 4.79 Å². The van der Waals surface area contributed by atoms with Gasteiger partial charge in [-0.15, -0.1) is 0 Å². The molecule has 3 N–H and O–H groups in total. The Morgan fingerprint density at radius 2 is 1.93 bits per heavy atom. The van der Waals surface area contributed by atoms with E-state index >= 15 is 0 Å². The molecule has 1 fully saturated rings. The second-order valence-electron chi connectivity index (χ2n) is 3.41. The minimum atomic E-state index is -4.69. The Balaban J connectivity index is 2.40. The topological polar surface area (TPSA) is 64.4 Å². The Morgan fingerprint density at radius 3 is 2.40 bits per heavy atom. The SMILES string of the molecule is NC(C(=O)NC1CCOCC1)C(F)(F)F. The zero-order valence-electron chi connectivity index (χ0n) is 8.01. The van der Waals surface area contributed by atoms with Crippen LogP contribution in [0.5, 0.6) is 0 Å². The van der Waals surface area contributed by atoms with Crippen LogP contribution in [0.25, 0.3) is 0 Å². The molecule has 1 rings (SSSR count). The number of halogens is 3. The van der Waals surface area contributed by atoms with Gasteiger partial charge >= 0.3 is 6.18 Å². The van der Waals surface area contributed by atoms with Crippen molar-refractivity contribution in [3.63, 3.8) is 0 Å². The molecule has 4 nitrogen and oxygen atoms in total. The largest absolute Gasteiger partial charge is 0.412 e. The fourth-order valence-electron chi connectivity index (χ4n) is 1.28. The Bertz CT molecular complexity index is 226. The van der Waals surface area contributed by atoms with E-state index < -0.39 is 18.1 Å². The summed E-state index contributed by atoms with van der Waals surface area (Å²) in [5.74, 6) is -1.17. The summed E-state index contributed by atoms with van der Waals surface area (Å²) in [5, 5.41) is 2.26. The van der Waals surface area contributed by atoms with Crippen LogP contribution in [0.15, 0.2) is 0 Å². The number of rotatable bonds is 2. The highest BCUT2D eigenvalue weighted by molar-refractivity contribution is 5.82. The molecular formula is C8H13F3N2O2. The predicted octanol–water partition coefficient (Wildman–Crippen LogP) is 0.171. The van der Waals surface area contributed by atoms with E-state index in [4.69, 9.17) is 10.5 Å². The fourth-order valence-corrected chi connectivity index (χ4v) is 1.28. The molecule has 1 unspecified atom stereocenters. The molecule has 1 aliphatic rings. The second-order valence-corrected chi connectivity index (χ2v) is 3.41. The van der Waals surface area contributed by atoms with Gasteiger partial charge in [-0.05, 0) is 12.8 Å². The molecule has 7 heteroatoms. The van der Waals surface area contributed by atoms with Gasteiger partial charge in [0.05, 0.1) is 0 Å². The van der Waals surface area contributed by atoms with Gasteiger partial charge in [0, 0.05) is 19.3 Å². The standard InChI is InChI=1S/C8H13F3N2O2/c9-8(10,11)6(12)7(14)13-5-1-3-15-4-2-5/h5-6H,1-4,12H2,(H,13,14). The minimum Gasteiger partial charge on any atom is -0.381 e. The molecule has 1 amide bonds. The van der Waals surface area contributed by atoms with Crippen LogP contribution in [-0.4, -0.2) is 37.4 Å². The zero-order valence-corrected chi connectivity index (χ0v) is 8.01. The summed E-state index contributed by atoms with van der Waals surface area (Å²) < 4.78 is 41.1. The maximum absolute atomic E-state index is 12.0. The van der Waals surface area contributed by atoms with Crippen LogP contribution in [-0.2, 0) is 9.53 Å². The highest BCUT2D eigenvalue weighted by atomic mass is 19.4. The third-order valence-corrected chi connectivity index (χ3v) is 2.20. The molecule has 0 bridgehead atoms. The number of nitrogens with one attached hydrogen (secondary N) is 1. The van der Waals surface area contributed by atoms with E-state index in [2.05, 4.69) is 5.32 Å². The van der Waals surface area contributed by atoms with E-state index in [1.165, 1.54) is 0 Å². The first-order chi connectivity index (χ1) is 6.91. The Morgan fingerprint density at radius 1 is 1.40 bits per heavy atom. The monoisotopic (exact) mass is 226 g/mol. The highest BCUT2D eigenvalue weighted by Crippen LogP contribution is 2.19. The van der Waals surface area contributed by atoms with Gasteiger partial charge in [-0.2, -0.15) is 13.2 Å². The van der Waals surface area contributed by atoms with E-state index in [9.17, 15) is 18.0 Å². The average Bonchev–Trinajstić information content (AvgIpc) is 2.16. The van der Waals surface area contributed by atoms with Crippen LogP contribution in [0.4, 0.5) is 13.2 Å². The molecule has 0 saturated carbocycles. The maximum atomic E-state index is 12.0. The third kappa shape index (κ3) is 3.67. The van der Waals surface area contributed by atoms with Gasteiger partial charge in [-0.1, -0.05) is 0 Å². The molecule has 0 aromatic heterocycles. The number of amides is 1. The first-order valence-corrected chi connectivity index (χ1v) is 4.61. The Labute approximate surface area is 84.9 Å². The summed E-state index contributed by atoms with van der Waals surface area (Å²) in [6.07, 6.45) is -3.64. The summed E-state index contributed by atoms with van der Waals surface area (Å²) >= 11 is 0. The smallest absolute Gasteiger partial charge is 0.381 e. The van der Waals surface area contributed by atoms with Crippen LogP contribution in [0.3, 0.4) is 0 Å². The normalized spacial score (nSPS) is 21.1. The summed E-state index contributed by atoms with van der Waals surface area (Å²) in [4.78, 5) is 11.1. The molecule has 1 atom stereocenters. The molecular weight excluding hydrogens is 213 g/mol. The van der Waals surface area contributed by atoms with Crippen molar-refractivity contribution in [2.24, 2.45) is 5.73 Å².